The summed E-state index contributed by atoms with van der Waals surface area (Å²) in [5.41, 5.74) is -1.96. The van der Waals surface area contributed by atoms with Crippen LogP contribution >= 0.6 is 0 Å². The Balaban J connectivity index is 1.61. The van der Waals surface area contributed by atoms with Crippen molar-refractivity contribution < 1.29 is 21.6 Å². The minimum Gasteiger partial charge on any atom is -0.343 e. The van der Waals surface area contributed by atoms with E-state index < -0.39 is 54.8 Å². The zero-order valence-corrected chi connectivity index (χ0v) is 17.9. The van der Waals surface area contributed by atoms with E-state index in [0.717, 1.165) is 24.3 Å². The maximum Gasteiger partial charge on any atom is 0.248 e. The Hall–Kier alpha value is -4.19. The summed E-state index contributed by atoms with van der Waals surface area (Å²) in [6.07, 6.45) is 3.07. The smallest absolute Gasteiger partial charge is 0.248 e. The van der Waals surface area contributed by atoms with Crippen molar-refractivity contribution in [2.75, 3.05) is 0 Å². The lowest BCUT2D eigenvalue weighted by atomic mass is 9.99. The van der Waals surface area contributed by atoms with Gasteiger partial charge in [0.1, 0.15) is 27.9 Å². The Morgan fingerprint density at radius 2 is 1.79 bits per heavy atom. The van der Waals surface area contributed by atoms with Crippen molar-refractivity contribution in [2.24, 2.45) is 0 Å². The third-order valence-corrected chi connectivity index (χ3v) is 6.86. The van der Waals surface area contributed by atoms with Crippen molar-refractivity contribution in [1.29, 1.82) is 0 Å². The van der Waals surface area contributed by atoms with Gasteiger partial charge in [-0.05, 0) is 18.2 Å². The number of sulfone groups is 1. The van der Waals surface area contributed by atoms with Crippen molar-refractivity contribution in [3.05, 3.63) is 88.2 Å². The third kappa shape index (κ3) is 3.57. The molecular weight excluding hydrogens is 471 g/mol. The summed E-state index contributed by atoms with van der Waals surface area (Å²) in [5.74, 6) is -3.77. The van der Waals surface area contributed by atoms with E-state index in [-0.39, 0.29) is 11.1 Å². The number of rotatable bonds is 5. The summed E-state index contributed by atoms with van der Waals surface area (Å²) in [5, 5.41) is 6.49. The van der Waals surface area contributed by atoms with Crippen LogP contribution < -0.4 is 5.56 Å². The lowest BCUT2D eigenvalue weighted by Gasteiger charge is -2.12. The molecule has 0 amide bonds. The van der Waals surface area contributed by atoms with Crippen LogP contribution in [0.1, 0.15) is 5.56 Å². The number of pyridine rings is 1. The molecule has 0 aliphatic heterocycles. The van der Waals surface area contributed by atoms with Crippen LogP contribution in [0.4, 0.5) is 13.2 Å². The molecule has 3 N–H and O–H groups in total. The average molecular weight is 485 g/mol. The Labute approximate surface area is 189 Å². The highest BCUT2D eigenvalue weighted by Crippen LogP contribution is 2.35. The zero-order valence-electron chi connectivity index (χ0n) is 17.1. The van der Waals surface area contributed by atoms with Gasteiger partial charge in [-0.3, -0.25) is 9.89 Å². The molecule has 0 bridgehead atoms. The van der Waals surface area contributed by atoms with Crippen molar-refractivity contribution in [3.63, 3.8) is 0 Å². The largest absolute Gasteiger partial charge is 0.343 e. The molecule has 3 aromatic heterocycles. The van der Waals surface area contributed by atoms with E-state index in [1.807, 2.05) is 0 Å². The van der Waals surface area contributed by atoms with E-state index in [1.54, 1.807) is 6.20 Å². The van der Waals surface area contributed by atoms with Gasteiger partial charge in [0.15, 0.2) is 21.5 Å². The van der Waals surface area contributed by atoms with Crippen LogP contribution in [-0.2, 0) is 15.6 Å². The fourth-order valence-electron chi connectivity index (χ4n) is 3.67. The monoisotopic (exact) mass is 485 g/mol. The molecule has 3 heterocycles. The summed E-state index contributed by atoms with van der Waals surface area (Å²) in [6.45, 7) is 0. The summed E-state index contributed by atoms with van der Waals surface area (Å²) >= 11 is 0. The molecule has 2 aromatic carbocycles. The van der Waals surface area contributed by atoms with Crippen molar-refractivity contribution >= 4 is 20.7 Å². The van der Waals surface area contributed by atoms with Crippen molar-refractivity contribution in [2.45, 2.75) is 10.8 Å². The molecule has 12 heteroatoms. The lowest BCUT2D eigenvalue weighted by molar-refractivity contribution is 0.569. The summed E-state index contributed by atoms with van der Waals surface area (Å²) in [7, 11) is -4.18. The Morgan fingerprint density at radius 1 is 0.971 bits per heavy atom. The average Bonchev–Trinajstić information content (AvgIpc) is 3.47. The first-order valence-corrected chi connectivity index (χ1v) is 11.5. The second kappa shape index (κ2) is 7.99. The normalized spacial score (nSPS) is 11.9. The number of benzene rings is 2. The van der Waals surface area contributed by atoms with Crippen LogP contribution in [0.25, 0.3) is 33.5 Å². The van der Waals surface area contributed by atoms with E-state index >= 15 is 8.78 Å². The fourth-order valence-corrected chi connectivity index (χ4v) is 5.00. The number of hydrogen-bond donors (Lipinski definition) is 3. The van der Waals surface area contributed by atoms with Crippen LogP contribution in [0.2, 0.25) is 0 Å². The van der Waals surface area contributed by atoms with Gasteiger partial charge >= 0.3 is 0 Å². The van der Waals surface area contributed by atoms with Gasteiger partial charge in [-0.1, -0.05) is 18.2 Å². The molecule has 0 aliphatic carbocycles. The first-order valence-electron chi connectivity index (χ1n) is 9.82. The van der Waals surface area contributed by atoms with Gasteiger partial charge in [0.25, 0.3) is 0 Å². The minimum atomic E-state index is -4.18. The predicted octanol–water partition coefficient (Wildman–Crippen LogP) is 3.70. The fraction of sp³-hybridized carbons (Fsp3) is 0.0455. The number of halogens is 3. The molecule has 0 unspecified atom stereocenters. The molecule has 0 saturated heterocycles. The van der Waals surface area contributed by atoms with Crippen LogP contribution in [0.15, 0.2) is 64.7 Å². The number of imidazole rings is 1. The Kier molecular flexibility index (Phi) is 5.09. The standard InChI is InChI=1S/C22H14F3N5O3S/c23-14-7-4-11(10-34(32,33)16-3-1-2-15(31)28-16)18(24)17(14)12-5-6-13-20(19(12)25)29-30-21(13)22-26-8-9-27-22/h1-9H,10H2,(H,26,27)(H,28,31)(H,29,30). The topological polar surface area (TPSA) is 124 Å². The number of aromatic nitrogens is 5. The van der Waals surface area contributed by atoms with Crippen molar-refractivity contribution in [1.82, 2.24) is 25.1 Å². The van der Waals surface area contributed by atoms with Crippen molar-refractivity contribution in [3.8, 4) is 22.6 Å². The number of nitrogens with zero attached hydrogens (tertiary/aromatic N) is 2. The molecule has 0 fully saturated rings. The molecule has 0 radical (unpaired) electrons. The summed E-state index contributed by atoms with van der Waals surface area (Å²) in [4.78, 5) is 20.6. The second-order valence-electron chi connectivity index (χ2n) is 7.39. The maximum atomic E-state index is 15.4. The van der Waals surface area contributed by atoms with Gasteiger partial charge in [0.05, 0.1) is 11.3 Å². The van der Waals surface area contributed by atoms with Gasteiger partial charge in [0.2, 0.25) is 5.56 Å². The number of aromatic amines is 3. The van der Waals surface area contributed by atoms with Gasteiger partial charge in [-0.25, -0.2) is 26.6 Å². The number of hydrogen-bond acceptors (Lipinski definition) is 5. The number of fused-ring (bicyclic) bond motifs is 1. The first-order chi connectivity index (χ1) is 16.3. The van der Waals surface area contributed by atoms with E-state index in [1.165, 1.54) is 24.4 Å². The SMILES string of the molecule is O=c1cccc(S(=O)(=O)Cc2ccc(F)c(-c3ccc4c(-c5ncc[nH]5)[nH]nc4c3F)c2F)[nH]1. The molecule has 8 nitrogen and oxygen atoms in total. The molecule has 172 valence electrons. The lowest BCUT2D eigenvalue weighted by Crippen LogP contribution is -2.14. The van der Waals surface area contributed by atoms with E-state index in [4.69, 9.17) is 0 Å². The zero-order chi connectivity index (χ0) is 24.0. The highest BCUT2D eigenvalue weighted by atomic mass is 32.2. The second-order valence-corrected chi connectivity index (χ2v) is 9.35. The van der Waals surface area contributed by atoms with Gasteiger partial charge in [-0.15, -0.1) is 0 Å². The van der Waals surface area contributed by atoms with Gasteiger partial charge < -0.3 is 9.97 Å². The van der Waals surface area contributed by atoms with Crippen LogP contribution in [0.5, 0.6) is 0 Å². The van der Waals surface area contributed by atoms with E-state index in [9.17, 15) is 17.6 Å². The molecule has 5 rings (SSSR count). The molecule has 0 aliphatic rings. The maximum absolute atomic E-state index is 15.4. The Morgan fingerprint density at radius 3 is 2.53 bits per heavy atom. The quantitative estimate of drug-likeness (QED) is 0.350. The molecular formula is C22H14F3N5O3S. The van der Waals surface area contributed by atoms with E-state index in [0.29, 0.717) is 16.9 Å². The molecule has 0 atom stereocenters. The number of nitrogens with one attached hydrogen (secondary N) is 3. The van der Waals surface area contributed by atoms with Crippen LogP contribution in [0, 0.1) is 17.5 Å². The summed E-state index contributed by atoms with van der Waals surface area (Å²) in [6, 6.07) is 7.97. The van der Waals surface area contributed by atoms with Gasteiger partial charge in [-0.2, -0.15) is 5.10 Å². The molecule has 34 heavy (non-hydrogen) atoms. The van der Waals surface area contributed by atoms with Gasteiger partial charge in [0, 0.05) is 35.0 Å². The molecule has 0 spiro atoms. The number of H-pyrrole nitrogens is 3. The molecule has 0 saturated carbocycles. The Bertz CT molecular complexity index is 1710. The minimum absolute atomic E-state index is 0.164. The van der Waals surface area contributed by atoms with Crippen LogP contribution in [-0.4, -0.2) is 33.6 Å². The highest BCUT2D eigenvalue weighted by molar-refractivity contribution is 7.90. The summed E-state index contributed by atoms with van der Waals surface area (Å²) < 4.78 is 70.7. The predicted molar refractivity (Wildman–Crippen MR) is 117 cm³/mol. The third-order valence-electron chi connectivity index (χ3n) is 5.26. The van der Waals surface area contributed by atoms with E-state index in [2.05, 4.69) is 25.1 Å². The highest BCUT2D eigenvalue weighted by Gasteiger charge is 2.25. The van der Waals surface area contributed by atoms with Crippen LogP contribution in [0.3, 0.4) is 0 Å². The first kappa shape index (κ1) is 21.6. The molecule has 5 aromatic rings.